The number of hydrogen-bond acceptors (Lipinski definition) is 4. The molecule has 140 valence electrons. The molecule has 0 aromatic heterocycles. The minimum absolute atomic E-state index is 0.0468. The third kappa shape index (κ3) is 5.41. The predicted octanol–water partition coefficient (Wildman–Crippen LogP) is 4.29. The van der Waals surface area contributed by atoms with E-state index in [4.69, 9.17) is 9.47 Å². The highest BCUT2D eigenvalue weighted by Gasteiger charge is 2.38. The van der Waals surface area contributed by atoms with Crippen molar-refractivity contribution in [1.82, 2.24) is 0 Å². The molecule has 2 saturated carbocycles. The summed E-state index contributed by atoms with van der Waals surface area (Å²) in [6.45, 7) is 10.3. The monoisotopic (exact) mass is 352 g/mol. The number of carbonyl (C=O) groups excluding carboxylic acids is 2. The maximum Gasteiger partial charge on any atom is 0.333 e. The van der Waals surface area contributed by atoms with Crippen LogP contribution in [0.3, 0.4) is 0 Å². The van der Waals surface area contributed by atoms with Crippen molar-refractivity contribution in [3.05, 3.63) is 24.3 Å². The fourth-order valence-corrected chi connectivity index (χ4v) is 3.85. The van der Waals surface area contributed by atoms with Gasteiger partial charge in [-0.3, -0.25) is 0 Å². The number of alkyl halides is 1. The first-order chi connectivity index (χ1) is 11.8. The van der Waals surface area contributed by atoms with E-state index in [-0.39, 0.29) is 12.1 Å². The molecule has 5 heteroatoms. The van der Waals surface area contributed by atoms with E-state index in [9.17, 15) is 14.0 Å². The highest BCUT2D eigenvalue weighted by Crippen LogP contribution is 2.40. The zero-order chi connectivity index (χ0) is 18.6. The number of ether oxygens (including phenoxy) is 2. The van der Waals surface area contributed by atoms with E-state index in [1.807, 2.05) is 0 Å². The molecule has 3 unspecified atom stereocenters. The van der Waals surface area contributed by atoms with Crippen LogP contribution >= 0.6 is 0 Å². The van der Waals surface area contributed by atoms with Gasteiger partial charge in [-0.2, -0.15) is 0 Å². The lowest BCUT2D eigenvalue weighted by Crippen LogP contribution is -2.38. The van der Waals surface area contributed by atoms with E-state index >= 15 is 0 Å². The predicted molar refractivity (Wildman–Crippen MR) is 93.6 cm³/mol. The van der Waals surface area contributed by atoms with Gasteiger partial charge >= 0.3 is 11.9 Å². The van der Waals surface area contributed by atoms with Gasteiger partial charge in [0.15, 0.2) is 0 Å². The molecule has 2 rings (SSSR count). The van der Waals surface area contributed by atoms with Crippen molar-refractivity contribution in [3.8, 4) is 0 Å². The summed E-state index contributed by atoms with van der Waals surface area (Å²) in [6.07, 6.45) is 3.61. The Morgan fingerprint density at radius 1 is 0.840 bits per heavy atom. The normalized spacial score (nSPS) is 32.5. The van der Waals surface area contributed by atoms with E-state index in [2.05, 4.69) is 13.2 Å². The van der Waals surface area contributed by atoms with Crippen molar-refractivity contribution >= 4 is 11.9 Å². The molecule has 0 aromatic carbocycles. The fraction of sp³-hybridized carbons (Fsp3) is 0.700. The molecule has 25 heavy (non-hydrogen) atoms. The van der Waals surface area contributed by atoms with E-state index in [1.54, 1.807) is 13.8 Å². The first-order valence-corrected chi connectivity index (χ1v) is 9.15. The minimum Gasteiger partial charge on any atom is -0.459 e. The van der Waals surface area contributed by atoms with Gasteiger partial charge in [0, 0.05) is 11.1 Å². The molecule has 3 atom stereocenters. The van der Waals surface area contributed by atoms with E-state index in [0.29, 0.717) is 35.8 Å². The van der Waals surface area contributed by atoms with Gasteiger partial charge in [0.25, 0.3) is 0 Å². The summed E-state index contributed by atoms with van der Waals surface area (Å²) in [5.74, 6) is -0.0681. The maximum atomic E-state index is 14.4. The zero-order valence-corrected chi connectivity index (χ0v) is 15.3. The third-order valence-corrected chi connectivity index (χ3v) is 5.37. The van der Waals surface area contributed by atoms with E-state index in [0.717, 1.165) is 32.1 Å². The van der Waals surface area contributed by atoms with Crippen LogP contribution in [0.5, 0.6) is 0 Å². The Morgan fingerprint density at radius 2 is 1.36 bits per heavy atom. The molecular formula is C20H29FO4. The summed E-state index contributed by atoms with van der Waals surface area (Å²) in [4.78, 5) is 23.2. The summed E-state index contributed by atoms with van der Waals surface area (Å²) >= 11 is 0. The average molecular weight is 352 g/mol. The highest BCUT2D eigenvalue weighted by atomic mass is 19.1. The van der Waals surface area contributed by atoms with Crippen molar-refractivity contribution < 1.29 is 23.5 Å². The molecule has 0 aliphatic heterocycles. The van der Waals surface area contributed by atoms with E-state index in [1.165, 1.54) is 0 Å². The first kappa shape index (κ1) is 19.7. The fourth-order valence-electron chi connectivity index (χ4n) is 3.85. The number of rotatable bonds is 5. The molecular weight excluding hydrogens is 323 g/mol. The van der Waals surface area contributed by atoms with Crippen molar-refractivity contribution in [2.75, 3.05) is 0 Å². The molecule has 0 radical (unpaired) electrons. The highest BCUT2D eigenvalue weighted by molar-refractivity contribution is 5.87. The molecule has 0 aromatic rings. The molecule has 0 N–H and O–H groups in total. The second kappa shape index (κ2) is 8.63. The summed E-state index contributed by atoms with van der Waals surface area (Å²) in [6, 6.07) is 0. The van der Waals surface area contributed by atoms with Crippen molar-refractivity contribution in [2.45, 2.75) is 77.2 Å². The smallest absolute Gasteiger partial charge is 0.333 e. The Kier molecular flexibility index (Phi) is 6.79. The van der Waals surface area contributed by atoms with Gasteiger partial charge in [-0.1, -0.05) is 13.2 Å². The number of hydrogen-bond donors (Lipinski definition) is 0. The molecule has 2 aliphatic carbocycles. The van der Waals surface area contributed by atoms with Gasteiger partial charge in [0.05, 0.1) is 0 Å². The lowest BCUT2D eigenvalue weighted by molar-refractivity contribution is -0.152. The Bertz CT molecular complexity index is 534. The van der Waals surface area contributed by atoms with Gasteiger partial charge in [-0.15, -0.1) is 0 Å². The summed E-state index contributed by atoms with van der Waals surface area (Å²) in [5.41, 5.74) is 0.724. The van der Waals surface area contributed by atoms with Gasteiger partial charge in [-0.25, -0.2) is 14.0 Å². The van der Waals surface area contributed by atoms with Crippen LogP contribution in [0.4, 0.5) is 4.39 Å². The van der Waals surface area contributed by atoms with Crippen LogP contribution < -0.4 is 0 Å². The Morgan fingerprint density at radius 3 is 1.88 bits per heavy atom. The van der Waals surface area contributed by atoms with Crippen molar-refractivity contribution in [2.24, 2.45) is 11.8 Å². The molecule has 0 heterocycles. The van der Waals surface area contributed by atoms with Crippen molar-refractivity contribution in [1.29, 1.82) is 0 Å². The number of carbonyl (C=O) groups is 2. The first-order valence-electron chi connectivity index (χ1n) is 9.15. The van der Waals surface area contributed by atoms with Crippen LogP contribution in [-0.4, -0.2) is 30.3 Å². The van der Waals surface area contributed by atoms with Gasteiger partial charge in [0.1, 0.15) is 18.4 Å². The molecule has 0 saturated heterocycles. The third-order valence-electron chi connectivity index (χ3n) is 5.37. The van der Waals surface area contributed by atoms with Crippen LogP contribution in [0.15, 0.2) is 24.3 Å². The second-order valence-electron chi connectivity index (χ2n) is 7.54. The van der Waals surface area contributed by atoms with Crippen LogP contribution in [0.1, 0.15) is 58.8 Å². The van der Waals surface area contributed by atoms with Crippen LogP contribution in [0.2, 0.25) is 0 Å². The SMILES string of the molecule is C=C(C)C(=O)OC1CCC(C2CCC(OC(=O)C(=C)C)C(F)C2)CC1. The number of halogens is 1. The molecule has 4 nitrogen and oxygen atoms in total. The summed E-state index contributed by atoms with van der Waals surface area (Å²) < 4.78 is 25.0. The Hall–Kier alpha value is -1.65. The molecule has 2 fully saturated rings. The summed E-state index contributed by atoms with van der Waals surface area (Å²) in [5, 5.41) is 0. The minimum atomic E-state index is -1.11. The van der Waals surface area contributed by atoms with Crippen molar-refractivity contribution in [3.63, 3.8) is 0 Å². The van der Waals surface area contributed by atoms with Crippen LogP contribution in [0, 0.1) is 11.8 Å². The largest absolute Gasteiger partial charge is 0.459 e. The lowest BCUT2D eigenvalue weighted by Gasteiger charge is -2.38. The maximum absolute atomic E-state index is 14.4. The Balaban J connectivity index is 1.78. The van der Waals surface area contributed by atoms with Gasteiger partial charge in [0.2, 0.25) is 0 Å². The zero-order valence-electron chi connectivity index (χ0n) is 15.3. The number of esters is 2. The summed E-state index contributed by atoms with van der Waals surface area (Å²) in [7, 11) is 0. The average Bonchev–Trinajstić information content (AvgIpc) is 2.57. The lowest BCUT2D eigenvalue weighted by atomic mass is 9.72. The molecule has 2 aliphatic rings. The van der Waals surface area contributed by atoms with E-state index < -0.39 is 18.2 Å². The van der Waals surface area contributed by atoms with Gasteiger partial charge < -0.3 is 9.47 Å². The molecule has 0 amide bonds. The van der Waals surface area contributed by atoms with Gasteiger partial charge in [-0.05, 0) is 70.6 Å². The van der Waals surface area contributed by atoms with Crippen LogP contribution in [0.25, 0.3) is 0 Å². The topological polar surface area (TPSA) is 52.6 Å². The second-order valence-corrected chi connectivity index (χ2v) is 7.54. The molecule has 0 spiro atoms. The quantitative estimate of drug-likeness (QED) is 0.547. The standard InChI is InChI=1S/C20H29FO4/c1-12(2)19(22)24-16-8-5-14(6-9-16)15-7-10-18(17(21)11-15)25-20(23)13(3)4/h14-18H,1,3,5-11H2,2,4H3. The Labute approximate surface area is 149 Å². The molecule has 0 bridgehead atoms. The van der Waals surface area contributed by atoms with Crippen LogP contribution in [-0.2, 0) is 19.1 Å².